The summed E-state index contributed by atoms with van der Waals surface area (Å²) in [4.78, 5) is 2.88. The van der Waals surface area contributed by atoms with Gasteiger partial charge in [0.05, 0.1) is 0 Å². The molecule has 2 rings (SSSR count). The van der Waals surface area contributed by atoms with Gasteiger partial charge in [-0.1, -0.05) is 33.6 Å². The summed E-state index contributed by atoms with van der Waals surface area (Å²) >= 11 is 0. The van der Waals surface area contributed by atoms with Crippen molar-refractivity contribution in [3.8, 4) is 0 Å². The zero-order chi connectivity index (χ0) is 12.3. The molecule has 1 saturated heterocycles. The van der Waals surface area contributed by atoms with Crippen molar-refractivity contribution in [2.24, 2.45) is 11.8 Å². The van der Waals surface area contributed by atoms with Crippen LogP contribution in [-0.2, 0) is 0 Å². The predicted octanol–water partition coefficient (Wildman–Crippen LogP) is 2.89. The van der Waals surface area contributed by atoms with Crippen LogP contribution in [0.15, 0.2) is 0 Å². The van der Waals surface area contributed by atoms with Gasteiger partial charge in [-0.25, -0.2) is 0 Å². The first-order valence-corrected chi connectivity index (χ1v) is 7.65. The summed E-state index contributed by atoms with van der Waals surface area (Å²) in [7, 11) is 0. The first-order valence-electron chi connectivity index (χ1n) is 7.65. The van der Waals surface area contributed by atoms with E-state index >= 15 is 0 Å². The highest BCUT2D eigenvalue weighted by Crippen LogP contribution is 2.30. The van der Waals surface area contributed by atoms with E-state index in [0.29, 0.717) is 0 Å². The van der Waals surface area contributed by atoms with Crippen LogP contribution in [0.3, 0.4) is 0 Å². The monoisotopic (exact) mass is 238 g/mol. The van der Waals surface area contributed by atoms with Gasteiger partial charge in [0.25, 0.3) is 0 Å². The zero-order valence-electron chi connectivity index (χ0n) is 11.9. The fourth-order valence-corrected chi connectivity index (χ4v) is 3.71. The third-order valence-corrected chi connectivity index (χ3v) is 4.54. The number of hydrogen-bond donors (Lipinski definition) is 1. The summed E-state index contributed by atoms with van der Waals surface area (Å²) in [6.45, 7) is 10.9. The van der Waals surface area contributed by atoms with Crippen molar-refractivity contribution in [1.29, 1.82) is 0 Å². The van der Waals surface area contributed by atoms with Crippen LogP contribution < -0.4 is 5.32 Å². The maximum absolute atomic E-state index is 3.54. The summed E-state index contributed by atoms with van der Waals surface area (Å²) in [5.41, 5.74) is 0. The van der Waals surface area contributed by atoms with Crippen LogP contribution in [0.1, 0.15) is 52.9 Å². The van der Waals surface area contributed by atoms with Crippen LogP contribution in [-0.4, -0.2) is 36.6 Å². The van der Waals surface area contributed by atoms with Gasteiger partial charge in [0, 0.05) is 18.6 Å². The molecule has 2 atom stereocenters. The molecule has 100 valence electrons. The van der Waals surface area contributed by atoms with Gasteiger partial charge in [0.1, 0.15) is 0 Å². The Morgan fingerprint density at radius 1 is 1.18 bits per heavy atom. The van der Waals surface area contributed by atoms with E-state index in [1.165, 1.54) is 51.7 Å². The molecule has 1 aliphatic heterocycles. The lowest BCUT2D eigenvalue weighted by atomic mass is 9.91. The van der Waals surface area contributed by atoms with E-state index in [2.05, 4.69) is 31.0 Å². The maximum Gasteiger partial charge on any atom is 0.0148 e. The fourth-order valence-electron chi connectivity index (χ4n) is 3.71. The highest BCUT2D eigenvalue weighted by atomic mass is 15.2. The van der Waals surface area contributed by atoms with E-state index in [4.69, 9.17) is 0 Å². The normalized spacial score (nSPS) is 31.6. The molecule has 2 nitrogen and oxygen atoms in total. The van der Waals surface area contributed by atoms with Crippen molar-refractivity contribution in [3.05, 3.63) is 0 Å². The van der Waals surface area contributed by atoms with E-state index in [-0.39, 0.29) is 0 Å². The van der Waals surface area contributed by atoms with Crippen LogP contribution >= 0.6 is 0 Å². The molecule has 1 saturated carbocycles. The lowest BCUT2D eigenvalue weighted by Crippen LogP contribution is -2.52. The molecular formula is C15H30N2. The molecule has 0 bridgehead atoms. The number of rotatable bonds is 4. The van der Waals surface area contributed by atoms with Gasteiger partial charge in [-0.3, -0.25) is 4.90 Å². The van der Waals surface area contributed by atoms with Gasteiger partial charge in [-0.15, -0.1) is 0 Å². The van der Waals surface area contributed by atoms with Crippen LogP contribution in [0.4, 0.5) is 0 Å². The Morgan fingerprint density at radius 2 is 1.88 bits per heavy atom. The molecule has 0 aromatic carbocycles. The number of nitrogens with one attached hydrogen (secondary N) is 1. The van der Waals surface area contributed by atoms with Gasteiger partial charge in [-0.2, -0.15) is 0 Å². The molecule has 2 aliphatic rings. The SMILES string of the molecule is CC(C)CN(C1CCCC1)C1CCNCC1C. The minimum absolute atomic E-state index is 0.803. The van der Waals surface area contributed by atoms with Crippen molar-refractivity contribution in [2.75, 3.05) is 19.6 Å². The third kappa shape index (κ3) is 3.45. The summed E-state index contributed by atoms with van der Waals surface area (Å²) in [5, 5.41) is 3.54. The summed E-state index contributed by atoms with van der Waals surface area (Å²) in [6, 6.07) is 1.73. The first kappa shape index (κ1) is 13.4. The topological polar surface area (TPSA) is 15.3 Å². The van der Waals surface area contributed by atoms with Crippen molar-refractivity contribution in [2.45, 2.75) is 65.0 Å². The second-order valence-electron chi connectivity index (χ2n) is 6.57. The van der Waals surface area contributed by atoms with Gasteiger partial charge < -0.3 is 5.32 Å². The van der Waals surface area contributed by atoms with Gasteiger partial charge in [0.15, 0.2) is 0 Å². The number of piperidine rings is 1. The highest BCUT2D eigenvalue weighted by molar-refractivity contribution is 4.89. The standard InChI is InChI=1S/C15H30N2/c1-12(2)11-17(14-6-4-5-7-14)15-8-9-16-10-13(15)3/h12-16H,4-11H2,1-3H3. The van der Waals surface area contributed by atoms with Gasteiger partial charge >= 0.3 is 0 Å². The second kappa shape index (κ2) is 6.19. The van der Waals surface area contributed by atoms with Crippen LogP contribution in [0.5, 0.6) is 0 Å². The van der Waals surface area contributed by atoms with Crippen molar-refractivity contribution >= 4 is 0 Å². The Kier molecular flexibility index (Phi) is 4.87. The molecular weight excluding hydrogens is 208 g/mol. The largest absolute Gasteiger partial charge is 0.316 e. The number of hydrogen-bond acceptors (Lipinski definition) is 2. The van der Waals surface area contributed by atoms with E-state index in [9.17, 15) is 0 Å². The Bertz CT molecular complexity index is 221. The van der Waals surface area contributed by atoms with E-state index in [1.54, 1.807) is 0 Å². The molecule has 0 aromatic heterocycles. The Hall–Kier alpha value is -0.0800. The lowest BCUT2D eigenvalue weighted by Gasteiger charge is -2.43. The molecule has 1 heterocycles. The molecule has 0 spiro atoms. The number of nitrogens with zero attached hydrogens (tertiary/aromatic N) is 1. The quantitative estimate of drug-likeness (QED) is 0.810. The van der Waals surface area contributed by atoms with Crippen molar-refractivity contribution in [3.63, 3.8) is 0 Å². The highest BCUT2D eigenvalue weighted by Gasteiger charge is 2.33. The van der Waals surface area contributed by atoms with Crippen LogP contribution in [0.25, 0.3) is 0 Å². The minimum Gasteiger partial charge on any atom is -0.316 e. The molecule has 17 heavy (non-hydrogen) atoms. The van der Waals surface area contributed by atoms with E-state index < -0.39 is 0 Å². The van der Waals surface area contributed by atoms with Crippen LogP contribution in [0.2, 0.25) is 0 Å². The first-order chi connectivity index (χ1) is 8.18. The van der Waals surface area contributed by atoms with E-state index in [0.717, 1.165) is 23.9 Å². The second-order valence-corrected chi connectivity index (χ2v) is 6.57. The Morgan fingerprint density at radius 3 is 2.47 bits per heavy atom. The molecule has 0 amide bonds. The maximum atomic E-state index is 3.54. The third-order valence-electron chi connectivity index (χ3n) is 4.54. The fraction of sp³-hybridized carbons (Fsp3) is 1.00. The van der Waals surface area contributed by atoms with Crippen molar-refractivity contribution in [1.82, 2.24) is 10.2 Å². The van der Waals surface area contributed by atoms with Crippen LogP contribution in [0, 0.1) is 11.8 Å². The molecule has 0 aromatic rings. The smallest absolute Gasteiger partial charge is 0.0148 e. The van der Waals surface area contributed by atoms with Crippen molar-refractivity contribution < 1.29 is 0 Å². The molecule has 2 fully saturated rings. The molecule has 1 aliphatic carbocycles. The summed E-state index contributed by atoms with van der Waals surface area (Å²) in [5.74, 6) is 1.63. The average Bonchev–Trinajstić information content (AvgIpc) is 2.80. The Labute approximate surface area is 107 Å². The molecule has 2 heteroatoms. The van der Waals surface area contributed by atoms with Gasteiger partial charge in [0.2, 0.25) is 0 Å². The molecule has 1 N–H and O–H groups in total. The predicted molar refractivity (Wildman–Crippen MR) is 74.2 cm³/mol. The average molecular weight is 238 g/mol. The molecule has 2 unspecified atom stereocenters. The van der Waals surface area contributed by atoms with E-state index in [1.807, 2.05) is 0 Å². The minimum atomic E-state index is 0.803. The lowest BCUT2D eigenvalue weighted by molar-refractivity contribution is 0.0657. The zero-order valence-corrected chi connectivity index (χ0v) is 11.9. The summed E-state index contributed by atoms with van der Waals surface area (Å²) in [6.07, 6.45) is 7.16. The summed E-state index contributed by atoms with van der Waals surface area (Å²) < 4.78 is 0. The Balaban J connectivity index is 2.01. The molecule has 0 radical (unpaired) electrons. The van der Waals surface area contributed by atoms with Gasteiger partial charge in [-0.05, 0) is 44.2 Å².